The molecule has 1 aliphatic rings. The van der Waals surface area contributed by atoms with Gasteiger partial charge in [-0.25, -0.2) is 4.39 Å². The average molecular weight is 296 g/mol. The van der Waals surface area contributed by atoms with Crippen LogP contribution in [0.1, 0.15) is 38.8 Å². The van der Waals surface area contributed by atoms with Crippen LogP contribution < -0.4 is 10.2 Å². The number of para-hydroxylation sites is 1. The van der Waals surface area contributed by atoms with E-state index in [1.54, 1.807) is 12.1 Å². The molecule has 1 atom stereocenters. The molecule has 1 aromatic rings. The lowest BCUT2D eigenvalue weighted by atomic mass is 10.0. The average Bonchev–Trinajstić information content (AvgIpc) is 2.58. The Morgan fingerprint density at radius 2 is 2.10 bits per heavy atom. The van der Waals surface area contributed by atoms with Gasteiger partial charge in [0.05, 0.1) is 5.69 Å². The lowest BCUT2D eigenvalue weighted by Crippen LogP contribution is -2.30. The quantitative estimate of drug-likeness (QED) is 0.912. The van der Waals surface area contributed by atoms with Gasteiger partial charge in [-0.05, 0) is 32.0 Å². The van der Waals surface area contributed by atoms with Crippen LogP contribution in [0.2, 0.25) is 0 Å². The van der Waals surface area contributed by atoms with E-state index in [4.69, 9.17) is 0 Å². The zero-order valence-corrected chi connectivity index (χ0v) is 13.7. The van der Waals surface area contributed by atoms with Crippen molar-refractivity contribution in [2.24, 2.45) is 0 Å². The molecule has 0 saturated carbocycles. The van der Waals surface area contributed by atoms with Crippen LogP contribution in [0, 0.1) is 5.82 Å². The molecular weight excluding hydrogens is 271 g/mol. The van der Waals surface area contributed by atoms with Crippen LogP contribution in [0.4, 0.5) is 10.1 Å². The molecular formula is C16H25FN2S. The van der Waals surface area contributed by atoms with Crippen LogP contribution in [-0.2, 0) is 0 Å². The first-order valence-corrected chi connectivity index (χ1v) is 8.28. The summed E-state index contributed by atoms with van der Waals surface area (Å²) in [5.41, 5.74) is 1.84. The molecule has 1 unspecified atom stereocenters. The molecule has 1 heterocycles. The van der Waals surface area contributed by atoms with E-state index in [0.29, 0.717) is 0 Å². The van der Waals surface area contributed by atoms with E-state index < -0.39 is 0 Å². The highest BCUT2D eigenvalue weighted by Gasteiger charge is 2.26. The fraction of sp³-hybridized carbons (Fsp3) is 0.625. The van der Waals surface area contributed by atoms with Crippen LogP contribution in [0.3, 0.4) is 0 Å². The number of anilines is 1. The van der Waals surface area contributed by atoms with Crippen LogP contribution in [0.15, 0.2) is 18.2 Å². The normalized spacial score (nSPS) is 20.6. The third-order valence-electron chi connectivity index (χ3n) is 4.07. The van der Waals surface area contributed by atoms with Gasteiger partial charge in [0.2, 0.25) is 0 Å². The second kappa shape index (κ2) is 6.35. The molecule has 1 fully saturated rings. The topological polar surface area (TPSA) is 15.3 Å². The minimum absolute atomic E-state index is 0.102. The summed E-state index contributed by atoms with van der Waals surface area (Å²) >= 11 is 1.99. The van der Waals surface area contributed by atoms with E-state index in [1.165, 1.54) is 0 Å². The number of hydrogen-bond acceptors (Lipinski definition) is 3. The Labute approximate surface area is 126 Å². The van der Waals surface area contributed by atoms with Crippen LogP contribution in [0.25, 0.3) is 0 Å². The highest BCUT2D eigenvalue weighted by Crippen LogP contribution is 2.35. The maximum Gasteiger partial charge on any atom is 0.146 e. The summed E-state index contributed by atoms with van der Waals surface area (Å²) in [7, 11) is 1.92. The Bertz CT molecular complexity index is 462. The summed E-state index contributed by atoms with van der Waals surface area (Å²) in [5.74, 6) is 0.948. The van der Waals surface area contributed by atoms with Crippen LogP contribution >= 0.6 is 11.8 Å². The Kier molecular flexibility index (Phi) is 4.97. The van der Waals surface area contributed by atoms with Gasteiger partial charge in [0, 0.05) is 29.6 Å². The lowest BCUT2D eigenvalue weighted by molar-refractivity contribution is 0.586. The van der Waals surface area contributed by atoms with Crippen molar-refractivity contribution in [1.29, 1.82) is 0 Å². The predicted octanol–water partition coefficient (Wildman–Crippen LogP) is 3.83. The summed E-state index contributed by atoms with van der Waals surface area (Å²) in [6.45, 7) is 8.47. The Balaban J connectivity index is 2.32. The first kappa shape index (κ1) is 15.6. The summed E-state index contributed by atoms with van der Waals surface area (Å²) in [6, 6.07) is 5.57. The minimum atomic E-state index is -0.102. The SMILES string of the molecule is CNC(C)c1cccc(F)c1N1CCSC(C)(C)CC1. The molecule has 2 rings (SSSR count). The molecule has 0 radical (unpaired) electrons. The van der Waals surface area contributed by atoms with Crippen molar-refractivity contribution in [2.75, 3.05) is 30.8 Å². The van der Waals surface area contributed by atoms with Crippen molar-refractivity contribution < 1.29 is 4.39 Å². The molecule has 2 nitrogen and oxygen atoms in total. The fourth-order valence-corrected chi connectivity index (χ4v) is 3.71. The smallest absolute Gasteiger partial charge is 0.146 e. The summed E-state index contributed by atoms with van der Waals surface area (Å²) < 4.78 is 14.7. The maximum atomic E-state index is 14.4. The molecule has 112 valence electrons. The van der Waals surface area contributed by atoms with E-state index >= 15 is 0 Å². The number of nitrogens with one attached hydrogen (secondary N) is 1. The van der Waals surface area contributed by atoms with Gasteiger partial charge in [0.15, 0.2) is 0 Å². The predicted molar refractivity (Wildman–Crippen MR) is 87.2 cm³/mol. The first-order chi connectivity index (χ1) is 9.44. The number of halogens is 1. The third-order valence-corrected chi connectivity index (χ3v) is 5.44. The van der Waals surface area contributed by atoms with E-state index in [2.05, 4.69) is 31.0 Å². The van der Waals surface area contributed by atoms with Crippen molar-refractivity contribution in [1.82, 2.24) is 5.32 Å². The van der Waals surface area contributed by atoms with Crippen molar-refractivity contribution in [3.8, 4) is 0 Å². The fourth-order valence-electron chi connectivity index (χ4n) is 2.61. The van der Waals surface area contributed by atoms with Gasteiger partial charge >= 0.3 is 0 Å². The van der Waals surface area contributed by atoms with Gasteiger partial charge in [0.25, 0.3) is 0 Å². The molecule has 0 amide bonds. The Morgan fingerprint density at radius 1 is 1.35 bits per heavy atom. The lowest BCUT2D eigenvalue weighted by Gasteiger charge is -2.28. The molecule has 0 bridgehead atoms. The van der Waals surface area contributed by atoms with E-state index in [0.717, 1.165) is 36.5 Å². The van der Waals surface area contributed by atoms with Gasteiger partial charge < -0.3 is 10.2 Å². The highest BCUT2D eigenvalue weighted by molar-refractivity contribution is 8.00. The van der Waals surface area contributed by atoms with Crippen LogP contribution in [-0.4, -0.2) is 30.6 Å². The highest BCUT2D eigenvalue weighted by atomic mass is 32.2. The summed E-state index contributed by atoms with van der Waals surface area (Å²) in [5, 5.41) is 3.22. The van der Waals surface area contributed by atoms with Gasteiger partial charge in [-0.2, -0.15) is 11.8 Å². The second-order valence-corrected chi connectivity index (χ2v) is 7.84. The van der Waals surface area contributed by atoms with E-state index in [-0.39, 0.29) is 16.6 Å². The van der Waals surface area contributed by atoms with Crippen molar-refractivity contribution in [3.05, 3.63) is 29.6 Å². The number of thioether (sulfide) groups is 1. The summed E-state index contributed by atoms with van der Waals surface area (Å²) in [6.07, 6.45) is 1.08. The number of nitrogens with zero attached hydrogens (tertiary/aromatic N) is 1. The van der Waals surface area contributed by atoms with Crippen LogP contribution in [0.5, 0.6) is 0 Å². The van der Waals surface area contributed by atoms with Gasteiger partial charge in [-0.15, -0.1) is 0 Å². The molecule has 1 N–H and O–H groups in total. The van der Waals surface area contributed by atoms with Gasteiger partial charge in [-0.3, -0.25) is 0 Å². The zero-order valence-electron chi connectivity index (χ0n) is 12.9. The van der Waals surface area contributed by atoms with E-state index in [9.17, 15) is 4.39 Å². The van der Waals surface area contributed by atoms with Crippen molar-refractivity contribution in [3.63, 3.8) is 0 Å². The van der Waals surface area contributed by atoms with Gasteiger partial charge in [0.1, 0.15) is 5.82 Å². The van der Waals surface area contributed by atoms with Crippen molar-refractivity contribution in [2.45, 2.75) is 38.0 Å². The Morgan fingerprint density at radius 3 is 2.80 bits per heavy atom. The maximum absolute atomic E-state index is 14.4. The zero-order chi connectivity index (χ0) is 14.8. The largest absolute Gasteiger partial charge is 0.368 e. The molecule has 1 aromatic carbocycles. The molecule has 0 aliphatic carbocycles. The third kappa shape index (κ3) is 3.47. The number of benzene rings is 1. The molecule has 1 saturated heterocycles. The molecule has 20 heavy (non-hydrogen) atoms. The first-order valence-electron chi connectivity index (χ1n) is 7.29. The van der Waals surface area contributed by atoms with E-state index in [1.807, 2.05) is 24.9 Å². The summed E-state index contributed by atoms with van der Waals surface area (Å²) in [4.78, 5) is 2.22. The second-order valence-electron chi connectivity index (χ2n) is 6.03. The molecule has 4 heteroatoms. The Hall–Kier alpha value is -0.740. The number of hydrogen-bond donors (Lipinski definition) is 1. The molecule has 1 aliphatic heterocycles. The standard InChI is InChI=1S/C16H25FN2S/c1-12(18-4)13-6-5-7-14(17)15(13)19-9-8-16(2,3)20-11-10-19/h5-7,12,18H,8-11H2,1-4H3. The van der Waals surface area contributed by atoms with Gasteiger partial charge in [-0.1, -0.05) is 26.0 Å². The molecule has 0 aromatic heterocycles. The number of rotatable bonds is 3. The minimum Gasteiger partial charge on any atom is -0.368 e. The van der Waals surface area contributed by atoms with Crippen molar-refractivity contribution >= 4 is 17.4 Å². The monoisotopic (exact) mass is 296 g/mol. The molecule has 0 spiro atoms.